The average Bonchev–Trinajstić information content (AvgIpc) is 3.24. The highest BCUT2D eigenvalue weighted by atomic mass is 35.5. The summed E-state index contributed by atoms with van der Waals surface area (Å²) in [5.74, 6) is 0.946. The standard InChI is InChI=1S/C20H20ClN3O5S2/c1-28-15-6-9-18(17(21)13-15)29-11-2-3-19(25)23-14-4-7-16(8-5-14)31(26,27)24-20-22-10-12-30-20/h4-10,12-13H,2-3,11H2,1H3,(H,22,24)(H,23,25). The molecule has 3 rings (SSSR count). The van der Waals surface area contributed by atoms with Gasteiger partial charge < -0.3 is 14.8 Å². The van der Waals surface area contributed by atoms with Gasteiger partial charge in [-0.05, 0) is 42.8 Å². The summed E-state index contributed by atoms with van der Waals surface area (Å²) in [5.41, 5.74) is 0.498. The Morgan fingerprint density at radius 3 is 2.61 bits per heavy atom. The number of nitrogens with one attached hydrogen (secondary N) is 2. The number of carbonyl (C=O) groups excluding carboxylic acids is 1. The summed E-state index contributed by atoms with van der Waals surface area (Å²) in [7, 11) is -2.18. The van der Waals surface area contributed by atoms with Crippen LogP contribution in [0.1, 0.15) is 12.8 Å². The number of thiazole rings is 1. The lowest BCUT2D eigenvalue weighted by Crippen LogP contribution is -2.14. The van der Waals surface area contributed by atoms with Crippen LogP contribution in [0.25, 0.3) is 0 Å². The SMILES string of the molecule is COc1ccc(OCCCC(=O)Nc2ccc(S(=O)(=O)Nc3nccs3)cc2)c(Cl)c1. The van der Waals surface area contributed by atoms with Crippen molar-refractivity contribution in [3.63, 3.8) is 0 Å². The second kappa shape index (κ2) is 10.5. The highest BCUT2D eigenvalue weighted by Crippen LogP contribution is 2.28. The number of methoxy groups -OCH3 is 1. The number of amides is 1. The van der Waals surface area contributed by atoms with Crippen LogP contribution in [0.5, 0.6) is 11.5 Å². The van der Waals surface area contributed by atoms with Crippen LogP contribution in [-0.4, -0.2) is 33.0 Å². The van der Waals surface area contributed by atoms with Gasteiger partial charge in [-0.3, -0.25) is 9.52 Å². The first-order valence-corrected chi connectivity index (χ1v) is 11.9. The van der Waals surface area contributed by atoms with Crippen molar-refractivity contribution in [2.45, 2.75) is 17.7 Å². The number of hydrogen-bond donors (Lipinski definition) is 2. The van der Waals surface area contributed by atoms with Crippen LogP contribution >= 0.6 is 22.9 Å². The number of sulfonamides is 1. The number of halogens is 1. The van der Waals surface area contributed by atoms with Crippen molar-refractivity contribution in [3.8, 4) is 11.5 Å². The molecule has 0 saturated carbocycles. The molecule has 0 radical (unpaired) electrons. The third-order valence-corrected chi connectivity index (χ3v) is 6.52. The van der Waals surface area contributed by atoms with Crippen molar-refractivity contribution in [1.29, 1.82) is 0 Å². The van der Waals surface area contributed by atoms with Gasteiger partial charge in [0.05, 0.1) is 23.6 Å². The van der Waals surface area contributed by atoms with Gasteiger partial charge in [0.25, 0.3) is 10.0 Å². The van der Waals surface area contributed by atoms with E-state index in [1.54, 1.807) is 30.7 Å². The maximum Gasteiger partial charge on any atom is 0.263 e. The van der Waals surface area contributed by atoms with Crippen molar-refractivity contribution in [2.75, 3.05) is 23.8 Å². The minimum absolute atomic E-state index is 0.0745. The minimum Gasteiger partial charge on any atom is -0.497 e. The van der Waals surface area contributed by atoms with Crippen molar-refractivity contribution >= 4 is 49.7 Å². The van der Waals surface area contributed by atoms with Crippen LogP contribution in [-0.2, 0) is 14.8 Å². The van der Waals surface area contributed by atoms with Gasteiger partial charge in [-0.2, -0.15) is 0 Å². The van der Waals surface area contributed by atoms with Gasteiger partial charge in [0.1, 0.15) is 11.5 Å². The van der Waals surface area contributed by atoms with E-state index in [-0.39, 0.29) is 22.4 Å². The van der Waals surface area contributed by atoms with Crippen LogP contribution in [0.2, 0.25) is 5.02 Å². The van der Waals surface area contributed by atoms with Crippen LogP contribution < -0.4 is 19.5 Å². The normalized spacial score (nSPS) is 11.0. The monoisotopic (exact) mass is 481 g/mol. The molecule has 1 amide bonds. The highest BCUT2D eigenvalue weighted by Gasteiger charge is 2.15. The summed E-state index contributed by atoms with van der Waals surface area (Å²) in [4.78, 5) is 16.1. The molecule has 31 heavy (non-hydrogen) atoms. The van der Waals surface area contributed by atoms with Crippen molar-refractivity contribution < 1.29 is 22.7 Å². The minimum atomic E-state index is -3.73. The van der Waals surface area contributed by atoms with E-state index in [0.29, 0.717) is 35.2 Å². The number of benzene rings is 2. The average molecular weight is 482 g/mol. The zero-order chi connectivity index (χ0) is 22.3. The topological polar surface area (TPSA) is 107 Å². The molecule has 3 aromatic rings. The predicted molar refractivity (Wildman–Crippen MR) is 121 cm³/mol. The van der Waals surface area contributed by atoms with E-state index in [1.165, 1.54) is 41.8 Å². The van der Waals surface area contributed by atoms with Gasteiger partial charge in [-0.15, -0.1) is 11.3 Å². The van der Waals surface area contributed by atoms with Gasteiger partial charge >= 0.3 is 0 Å². The highest BCUT2D eigenvalue weighted by molar-refractivity contribution is 7.93. The number of aromatic nitrogens is 1. The van der Waals surface area contributed by atoms with Crippen LogP contribution in [0.15, 0.2) is 58.9 Å². The Morgan fingerprint density at radius 2 is 1.97 bits per heavy atom. The second-order valence-corrected chi connectivity index (χ2v) is 9.25. The molecule has 0 saturated heterocycles. The molecule has 0 bridgehead atoms. The molecule has 2 N–H and O–H groups in total. The Morgan fingerprint density at radius 1 is 1.19 bits per heavy atom. The molecule has 1 aromatic heterocycles. The summed E-state index contributed by atoms with van der Waals surface area (Å²) in [6, 6.07) is 11.0. The van der Waals surface area contributed by atoms with Crippen LogP contribution in [0.4, 0.5) is 10.8 Å². The number of hydrogen-bond acceptors (Lipinski definition) is 7. The Labute approximate surface area is 189 Å². The molecule has 0 atom stereocenters. The van der Waals surface area contributed by atoms with E-state index in [4.69, 9.17) is 21.1 Å². The van der Waals surface area contributed by atoms with E-state index in [2.05, 4.69) is 15.0 Å². The van der Waals surface area contributed by atoms with Gasteiger partial charge in [-0.25, -0.2) is 13.4 Å². The van der Waals surface area contributed by atoms with Crippen LogP contribution in [0.3, 0.4) is 0 Å². The van der Waals surface area contributed by atoms with Crippen molar-refractivity contribution in [1.82, 2.24) is 4.98 Å². The van der Waals surface area contributed by atoms with Crippen LogP contribution in [0, 0.1) is 0 Å². The molecular formula is C20H20ClN3O5S2. The molecule has 0 spiro atoms. The lowest BCUT2D eigenvalue weighted by Gasteiger charge is -2.10. The molecule has 11 heteroatoms. The summed E-state index contributed by atoms with van der Waals surface area (Å²) < 4.78 is 37.7. The Hall–Kier alpha value is -2.82. The first-order valence-electron chi connectivity index (χ1n) is 9.16. The second-order valence-electron chi connectivity index (χ2n) is 6.26. The third kappa shape index (κ3) is 6.58. The Bertz CT molecular complexity index is 1120. The van der Waals surface area contributed by atoms with Crippen molar-refractivity contribution in [3.05, 3.63) is 59.1 Å². The molecule has 8 nitrogen and oxygen atoms in total. The molecule has 0 unspecified atom stereocenters. The molecular weight excluding hydrogens is 462 g/mol. The molecule has 0 aliphatic carbocycles. The quantitative estimate of drug-likeness (QED) is 0.415. The summed E-state index contributed by atoms with van der Waals surface area (Å²) >= 11 is 7.29. The lowest BCUT2D eigenvalue weighted by atomic mass is 10.2. The van der Waals surface area contributed by atoms with Gasteiger partial charge in [-0.1, -0.05) is 11.6 Å². The lowest BCUT2D eigenvalue weighted by molar-refractivity contribution is -0.116. The van der Waals surface area contributed by atoms with E-state index in [0.717, 1.165) is 0 Å². The van der Waals surface area contributed by atoms with Gasteiger partial charge in [0.15, 0.2) is 5.13 Å². The number of carbonyl (C=O) groups is 1. The van der Waals surface area contributed by atoms with E-state index >= 15 is 0 Å². The Kier molecular flexibility index (Phi) is 7.72. The number of anilines is 2. The van der Waals surface area contributed by atoms with Gasteiger partial charge in [0, 0.05) is 29.8 Å². The summed E-state index contributed by atoms with van der Waals surface area (Å²) in [6.07, 6.45) is 2.23. The van der Waals surface area contributed by atoms with Crippen molar-refractivity contribution in [2.24, 2.45) is 0 Å². The molecule has 0 fully saturated rings. The first kappa shape index (κ1) is 22.9. The predicted octanol–water partition coefficient (Wildman–Crippen LogP) is 4.40. The van der Waals surface area contributed by atoms with E-state index in [9.17, 15) is 13.2 Å². The molecule has 1 heterocycles. The molecule has 0 aliphatic heterocycles. The molecule has 0 aliphatic rings. The zero-order valence-corrected chi connectivity index (χ0v) is 18.9. The number of ether oxygens (including phenoxy) is 2. The maximum absolute atomic E-state index is 12.3. The summed E-state index contributed by atoms with van der Waals surface area (Å²) in [5, 5.41) is 5.12. The van der Waals surface area contributed by atoms with Gasteiger partial charge in [0.2, 0.25) is 5.91 Å². The van der Waals surface area contributed by atoms with E-state index < -0.39 is 10.0 Å². The third-order valence-electron chi connectivity index (χ3n) is 4.05. The first-order chi connectivity index (χ1) is 14.9. The molecule has 2 aromatic carbocycles. The number of rotatable bonds is 10. The zero-order valence-electron chi connectivity index (χ0n) is 16.5. The van der Waals surface area contributed by atoms with E-state index in [1.807, 2.05) is 0 Å². The maximum atomic E-state index is 12.3. The smallest absolute Gasteiger partial charge is 0.263 e. The summed E-state index contributed by atoms with van der Waals surface area (Å²) in [6.45, 7) is 0.319. The largest absolute Gasteiger partial charge is 0.497 e. The fraction of sp³-hybridized carbons (Fsp3) is 0.200. The fourth-order valence-electron chi connectivity index (χ4n) is 2.53. The Balaban J connectivity index is 1.45. The molecule has 164 valence electrons. The fourth-order valence-corrected chi connectivity index (χ4v) is 4.54. The number of nitrogens with zero attached hydrogens (tertiary/aromatic N) is 1.